The van der Waals surface area contributed by atoms with Crippen LogP contribution < -0.4 is 5.43 Å². The molecule has 0 fully saturated rings. The third kappa shape index (κ3) is 3.52. The molecule has 0 atom stereocenters. The maximum atomic E-state index is 11.3. The fraction of sp³-hybridized carbons (Fsp3) is 0. The Labute approximate surface area is 155 Å². The zero-order chi connectivity index (χ0) is 18.7. The molecule has 0 amide bonds. The van der Waals surface area contributed by atoms with Gasteiger partial charge in [-0.25, -0.2) is 0 Å². The topological polar surface area (TPSA) is 111 Å². The number of nitrogens with zero attached hydrogens (tertiary/aromatic N) is 3. The van der Waals surface area contributed by atoms with Crippen LogP contribution in [0.5, 0.6) is 0 Å². The molecule has 0 aliphatic rings. The number of fused-ring (bicyclic) bond motifs is 1. The second-order valence-corrected chi connectivity index (χ2v) is 6.12. The van der Waals surface area contributed by atoms with E-state index >= 15 is 0 Å². The minimum Gasteiger partial charge on any atom is -0.278 e. The van der Waals surface area contributed by atoms with Gasteiger partial charge in [0, 0.05) is 33.6 Å². The molecule has 8 nitrogen and oxygen atoms in total. The number of nitro groups is 2. The molecule has 1 N–H and O–H groups in total. The molecule has 0 unspecified atom stereocenters. The molecular weight excluding hydrogens is 404 g/mol. The van der Waals surface area contributed by atoms with E-state index in [0.29, 0.717) is 22.0 Å². The van der Waals surface area contributed by atoms with Crippen molar-refractivity contribution in [3.05, 3.63) is 84.9 Å². The lowest BCUT2D eigenvalue weighted by molar-refractivity contribution is -0.384. The summed E-state index contributed by atoms with van der Waals surface area (Å²) < 4.78 is 0.747. The average molecular weight is 415 g/mol. The average Bonchev–Trinajstić information content (AvgIpc) is 2.62. The van der Waals surface area contributed by atoms with E-state index in [4.69, 9.17) is 0 Å². The van der Waals surface area contributed by atoms with Crippen LogP contribution in [0.2, 0.25) is 0 Å². The molecule has 3 aromatic rings. The maximum Gasteiger partial charge on any atom is 0.277 e. The number of anilines is 1. The van der Waals surface area contributed by atoms with E-state index in [9.17, 15) is 20.2 Å². The van der Waals surface area contributed by atoms with Gasteiger partial charge < -0.3 is 0 Å². The van der Waals surface area contributed by atoms with E-state index in [-0.39, 0.29) is 11.4 Å². The number of hydrazone groups is 1. The quantitative estimate of drug-likeness (QED) is 0.363. The van der Waals surface area contributed by atoms with Gasteiger partial charge in [-0.1, -0.05) is 34.1 Å². The van der Waals surface area contributed by atoms with Crippen LogP contribution in [-0.2, 0) is 0 Å². The summed E-state index contributed by atoms with van der Waals surface area (Å²) in [5.74, 6) is 0. The van der Waals surface area contributed by atoms with Gasteiger partial charge in [0.25, 0.3) is 11.4 Å². The van der Waals surface area contributed by atoms with Crippen molar-refractivity contribution in [1.82, 2.24) is 0 Å². The highest BCUT2D eigenvalue weighted by Gasteiger charge is 2.16. The van der Waals surface area contributed by atoms with Crippen LogP contribution in [0.15, 0.2) is 64.2 Å². The standard InChI is InChI=1S/C17H11BrN4O4/c18-15-8-9-16(22(25)26)17-11(2-1-3-14(15)17)10-19-20-12-4-6-13(7-5-12)21(23)24/h1-10,20H/b19-10-. The lowest BCUT2D eigenvalue weighted by Gasteiger charge is -2.05. The number of benzene rings is 3. The molecule has 0 spiro atoms. The minimum atomic E-state index is -0.486. The number of rotatable bonds is 5. The highest BCUT2D eigenvalue weighted by Crippen LogP contribution is 2.33. The molecule has 3 aromatic carbocycles. The summed E-state index contributed by atoms with van der Waals surface area (Å²) in [5, 5.41) is 27.2. The number of nitrogens with one attached hydrogen (secondary N) is 1. The number of hydrogen-bond donors (Lipinski definition) is 1. The van der Waals surface area contributed by atoms with Crippen molar-refractivity contribution in [3.63, 3.8) is 0 Å². The van der Waals surface area contributed by atoms with Crippen LogP contribution in [0.1, 0.15) is 5.56 Å². The number of nitro benzene ring substituents is 2. The van der Waals surface area contributed by atoms with Gasteiger partial charge in [0.1, 0.15) is 0 Å². The van der Waals surface area contributed by atoms with Gasteiger partial charge in [0.05, 0.1) is 27.1 Å². The molecule has 130 valence electrons. The summed E-state index contributed by atoms with van der Waals surface area (Å²) >= 11 is 3.40. The first-order chi connectivity index (χ1) is 12.5. The second kappa shape index (κ2) is 7.28. The van der Waals surface area contributed by atoms with Crippen LogP contribution >= 0.6 is 15.9 Å². The first-order valence-electron chi connectivity index (χ1n) is 7.36. The van der Waals surface area contributed by atoms with Crippen molar-refractivity contribution in [2.45, 2.75) is 0 Å². The maximum absolute atomic E-state index is 11.3. The summed E-state index contributed by atoms with van der Waals surface area (Å²) in [6.45, 7) is 0. The highest BCUT2D eigenvalue weighted by atomic mass is 79.9. The monoisotopic (exact) mass is 414 g/mol. The molecule has 0 saturated heterocycles. The normalized spacial score (nSPS) is 11.0. The zero-order valence-corrected chi connectivity index (χ0v) is 14.7. The van der Waals surface area contributed by atoms with Crippen molar-refractivity contribution in [1.29, 1.82) is 0 Å². The lowest BCUT2D eigenvalue weighted by Crippen LogP contribution is -1.96. The number of halogens is 1. The molecule has 9 heteroatoms. The Morgan fingerprint density at radius 3 is 2.35 bits per heavy atom. The molecule has 26 heavy (non-hydrogen) atoms. The van der Waals surface area contributed by atoms with Gasteiger partial charge >= 0.3 is 0 Å². The summed E-state index contributed by atoms with van der Waals surface area (Å²) in [4.78, 5) is 21.1. The van der Waals surface area contributed by atoms with Crippen molar-refractivity contribution in [2.75, 3.05) is 5.43 Å². The Morgan fingerprint density at radius 1 is 0.962 bits per heavy atom. The van der Waals surface area contributed by atoms with E-state index in [1.165, 1.54) is 36.5 Å². The van der Waals surface area contributed by atoms with Crippen LogP contribution in [-0.4, -0.2) is 16.1 Å². The van der Waals surface area contributed by atoms with Crippen molar-refractivity contribution in [2.24, 2.45) is 5.10 Å². The Kier molecular flexibility index (Phi) is 4.90. The molecule has 0 bridgehead atoms. The van der Waals surface area contributed by atoms with Gasteiger partial charge in [-0.2, -0.15) is 5.10 Å². The molecular formula is C17H11BrN4O4. The van der Waals surface area contributed by atoms with Crippen LogP contribution in [0.4, 0.5) is 17.1 Å². The SMILES string of the molecule is O=[N+]([O-])c1ccc(N/N=C\c2cccc3c(Br)ccc([N+](=O)[O-])c23)cc1. The van der Waals surface area contributed by atoms with Gasteiger partial charge in [-0.15, -0.1) is 0 Å². The molecule has 0 saturated carbocycles. The highest BCUT2D eigenvalue weighted by molar-refractivity contribution is 9.10. The van der Waals surface area contributed by atoms with Gasteiger partial charge in [-0.3, -0.25) is 25.7 Å². The molecule has 0 aromatic heterocycles. The van der Waals surface area contributed by atoms with Crippen molar-refractivity contribution >= 4 is 50.0 Å². The van der Waals surface area contributed by atoms with Crippen LogP contribution in [0.25, 0.3) is 10.8 Å². The van der Waals surface area contributed by atoms with E-state index in [1.807, 2.05) is 0 Å². The fourth-order valence-corrected chi connectivity index (χ4v) is 2.94. The van der Waals surface area contributed by atoms with E-state index in [0.717, 1.165) is 4.47 Å². The Hall–Kier alpha value is -3.33. The second-order valence-electron chi connectivity index (χ2n) is 5.27. The van der Waals surface area contributed by atoms with Gasteiger partial charge in [-0.05, 0) is 18.2 Å². The number of non-ortho nitro benzene ring substituents is 2. The Morgan fingerprint density at radius 2 is 1.69 bits per heavy atom. The first-order valence-corrected chi connectivity index (χ1v) is 8.16. The van der Waals surface area contributed by atoms with Gasteiger partial charge in [0.2, 0.25) is 0 Å². The summed E-state index contributed by atoms with van der Waals surface area (Å²) in [7, 11) is 0. The van der Waals surface area contributed by atoms with Crippen molar-refractivity contribution in [3.8, 4) is 0 Å². The summed E-state index contributed by atoms with van der Waals surface area (Å²) in [6, 6.07) is 14.1. The fourth-order valence-electron chi connectivity index (χ4n) is 2.47. The minimum absolute atomic E-state index is 0.0133. The van der Waals surface area contributed by atoms with E-state index in [2.05, 4.69) is 26.5 Å². The van der Waals surface area contributed by atoms with E-state index in [1.54, 1.807) is 24.3 Å². The summed E-state index contributed by atoms with van der Waals surface area (Å²) in [6.07, 6.45) is 1.48. The number of hydrogen-bond acceptors (Lipinski definition) is 6. The smallest absolute Gasteiger partial charge is 0.277 e. The van der Waals surface area contributed by atoms with E-state index < -0.39 is 9.85 Å². The van der Waals surface area contributed by atoms with Crippen LogP contribution in [0, 0.1) is 20.2 Å². The molecule has 3 rings (SSSR count). The third-order valence-electron chi connectivity index (χ3n) is 3.67. The zero-order valence-electron chi connectivity index (χ0n) is 13.1. The summed E-state index contributed by atoms with van der Waals surface area (Å²) in [5.41, 5.74) is 3.85. The third-order valence-corrected chi connectivity index (χ3v) is 4.36. The van der Waals surface area contributed by atoms with Gasteiger partial charge in [0.15, 0.2) is 0 Å². The Balaban J connectivity index is 1.93. The first kappa shape index (κ1) is 17.5. The molecule has 0 radical (unpaired) electrons. The lowest BCUT2D eigenvalue weighted by atomic mass is 10.0. The predicted molar refractivity (Wildman–Crippen MR) is 103 cm³/mol. The molecule has 0 aliphatic carbocycles. The van der Waals surface area contributed by atoms with Crippen LogP contribution in [0.3, 0.4) is 0 Å². The molecule has 0 aliphatic heterocycles. The Bertz CT molecular complexity index is 1030. The predicted octanol–water partition coefficient (Wildman–Crippen LogP) is 4.86. The molecule has 0 heterocycles. The van der Waals surface area contributed by atoms with Crippen molar-refractivity contribution < 1.29 is 9.85 Å². The largest absolute Gasteiger partial charge is 0.278 e.